The van der Waals surface area contributed by atoms with Crippen LogP contribution in [0.5, 0.6) is 0 Å². The van der Waals surface area contributed by atoms with E-state index in [1.54, 1.807) is 18.2 Å². The van der Waals surface area contributed by atoms with Gasteiger partial charge < -0.3 is 10.2 Å². The average Bonchev–Trinajstić information content (AvgIpc) is 3.02. The first-order chi connectivity index (χ1) is 22.2. The number of carbonyl (C=O) groups is 2. The minimum Gasteiger partial charge on any atom is -0.352 e. The Bertz CT molecular complexity index is 1610. The van der Waals surface area contributed by atoms with E-state index in [-0.39, 0.29) is 50.0 Å². The summed E-state index contributed by atoms with van der Waals surface area (Å²) in [6, 6.07) is 17.3. The summed E-state index contributed by atoms with van der Waals surface area (Å²) in [5.74, 6) is -0.780. The lowest BCUT2D eigenvalue weighted by molar-refractivity contribution is -0.141. The fourth-order valence-electron chi connectivity index (χ4n) is 5.79. The predicted molar refractivity (Wildman–Crippen MR) is 179 cm³/mol. The molecule has 7 nitrogen and oxygen atoms in total. The summed E-state index contributed by atoms with van der Waals surface area (Å²) in [6.07, 6.45) is 0.965. The molecule has 0 saturated heterocycles. The molecule has 1 aliphatic rings. The molecule has 254 valence electrons. The standard InChI is InChI=1S/C34H38Cl2F3N3O4S/c1-47(45,46)42(27-16-8-13-25(22-27)34(37,38)39)20-10-19-32(43)41(23-28-29(35)17-9-18-30(28)36)31(21-24-11-4-2-5-12-24)33(44)40-26-14-6-3-7-15-26/h2,4-5,8-9,11-13,16-18,22,26,31H,3,6-7,10,14-15,19-21,23H2,1H3,(H,40,44)/t31-/m0/s1. The second kappa shape index (κ2) is 16.2. The van der Waals surface area contributed by atoms with E-state index in [1.807, 2.05) is 30.3 Å². The highest BCUT2D eigenvalue weighted by atomic mass is 35.5. The van der Waals surface area contributed by atoms with Crippen molar-refractivity contribution in [1.82, 2.24) is 10.2 Å². The van der Waals surface area contributed by atoms with E-state index in [0.717, 1.165) is 66.4 Å². The molecule has 0 heterocycles. The summed E-state index contributed by atoms with van der Waals surface area (Å²) in [5, 5.41) is 3.77. The number of rotatable bonds is 13. The number of anilines is 1. The van der Waals surface area contributed by atoms with Crippen LogP contribution in [0.4, 0.5) is 18.9 Å². The van der Waals surface area contributed by atoms with Gasteiger partial charge in [0.1, 0.15) is 6.04 Å². The summed E-state index contributed by atoms with van der Waals surface area (Å²) in [6.45, 7) is -0.347. The van der Waals surface area contributed by atoms with Crippen molar-refractivity contribution in [3.8, 4) is 0 Å². The maximum atomic E-state index is 14.1. The molecule has 1 N–H and O–H groups in total. The normalized spacial score (nSPS) is 14.8. The largest absolute Gasteiger partial charge is 0.416 e. The molecule has 1 saturated carbocycles. The van der Waals surface area contributed by atoms with Crippen LogP contribution in [0.3, 0.4) is 0 Å². The fourth-order valence-corrected chi connectivity index (χ4v) is 7.27. The van der Waals surface area contributed by atoms with Gasteiger partial charge >= 0.3 is 6.18 Å². The Kier molecular flexibility index (Phi) is 12.6. The van der Waals surface area contributed by atoms with Gasteiger partial charge in [0.2, 0.25) is 21.8 Å². The lowest BCUT2D eigenvalue weighted by atomic mass is 9.94. The van der Waals surface area contributed by atoms with Crippen LogP contribution in [0, 0.1) is 0 Å². The highest BCUT2D eigenvalue weighted by molar-refractivity contribution is 7.92. The number of hydrogen-bond donors (Lipinski definition) is 1. The monoisotopic (exact) mass is 711 g/mol. The molecule has 1 aliphatic carbocycles. The van der Waals surface area contributed by atoms with E-state index in [2.05, 4.69) is 5.32 Å². The molecule has 4 rings (SSSR count). The van der Waals surface area contributed by atoms with Gasteiger partial charge in [-0.1, -0.05) is 84.9 Å². The predicted octanol–water partition coefficient (Wildman–Crippen LogP) is 7.65. The van der Waals surface area contributed by atoms with Gasteiger partial charge in [0.25, 0.3) is 0 Å². The number of carbonyl (C=O) groups excluding carboxylic acids is 2. The number of halogens is 5. The van der Waals surface area contributed by atoms with Crippen molar-refractivity contribution < 1.29 is 31.2 Å². The molecule has 47 heavy (non-hydrogen) atoms. The Morgan fingerprint density at radius 2 is 1.57 bits per heavy atom. The highest BCUT2D eigenvalue weighted by Gasteiger charge is 2.34. The second-order valence-electron chi connectivity index (χ2n) is 11.8. The van der Waals surface area contributed by atoms with Crippen LogP contribution in [-0.4, -0.2) is 50.0 Å². The Balaban J connectivity index is 1.63. The van der Waals surface area contributed by atoms with Crippen LogP contribution in [0.15, 0.2) is 72.8 Å². The van der Waals surface area contributed by atoms with E-state index in [4.69, 9.17) is 23.2 Å². The lowest BCUT2D eigenvalue weighted by Crippen LogP contribution is -2.53. The minimum absolute atomic E-state index is 0.0221. The second-order valence-corrected chi connectivity index (χ2v) is 14.5. The van der Waals surface area contributed by atoms with Crippen molar-refractivity contribution in [3.05, 3.63) is 99.5 Å². The van der Waals surface area contributed by atoms with Gasteiger partial charge in [0.15, 0.2) is 0 Å². The molecular weight excluding hydrogens is 674 g/mol. The van der Waals surface area contributed by atoms with Gasteiger partial charge in [-0.3, -0.25) is 13.9 Å². The summed E-state index contributed by atoms with van der Waals surface area (Å²) < 4.78 is 66.4. The molecule has 1 fully saturated rings. The third kappa shape index (κ3) is 10.4. The van der Waals surface area contributed by atoms with Crippen LogP contribution in [0.25, 0.3) is 0 Å². The summed E-state index contributed by atoms with van der Waals surface area (Å²) in [4.78, 5) is 29.5. The number of benzene rings is 3. The third-order valence-corrected chi connectivity index (χ3v) is 10.1. The first-order valence-electron chi connectivity index (χ1n) is 15.5. The number of hydrogen-bond acceptors (Lipinski definition) is 4. The van der Waals surface area contributed by atoms with Crippen LogP contribution in [0.2, 0.25) is 10.0 Å². The van der Waals surface area contributed by atoms with Crippen LogP contribution in [-0.2, 0) is 38.8 Å². The fraction of sp³-hybridized carbons (Fsp3) is 0.412. The number of amides is 2. The summed E-state index contributed by atoms with van der Waals surface area (Å²) in [7, 11) is -4.00. The molecule has 0 unspecified atom stereocenters. The first-order valence-corrected chi connectivity index (χ1v) is 18.1. The number of nitrogens with zero attached hydrogens (tertiary/aromatic N) is 2. The SMILES string of the molecule is CS(=O)(=O)N(CCCC(=O)N(Cc1c(Cl)cccc1Cl)[C@@H](Cc1ccccc1)C(=O)NC1CCCCC1)c1cccc(C(F)(F)F)c1. The van der Waals surface area contributed by atoms with Crippen molar-refractivity contribution in [2.45, 2.75) is 76.2 Å². The zero-order valence-corrected chi connectivity index (χ0v) is 28.3. The van der Waals surface area contributed by atoms with E-state index in [9.17, 15) is 31.2 Å². The van der Waals surface area contributed by atoms with Crippen LogP contribution < -0.4 is 9.62 Å². The van der Waals surface area contributed by atoms with Gasteiger partial charge in [-0.15, -0.1) is 0 Å². The number of sulfonamides is 1. The van der Waals surface area contributed by atoms with Crippen LogP contribution in [0.1, 0.15) is 61.6 Å². The number of alkyl halides is 3. The van der Waals surface area contributed by atoms with Crippen molar-refractivity contribution in [2.24, 2.45) is 0 Å². The van der Waals surface area contributed by atoms with Crippen LogP contribution >= 0.6 is 23.2 Å². The lowest BCUT2D eigenvalue weighted by Gasteiger charge is -2.34. The van der Waals surface area contributed by atoms with Gasteiger partial charge in [0.05, 0.1) is 17.5 Å². The van der Waals surface area contributed by atoms with Crippen molar-refractivity contribution in [3.63, 3.8) is 0 Å². The zero-order chi connectivity index (χ0) is 34.2. The smallest absolute Gasteiger partial charge is 0.352 e. The number of nitrogens with one attached hydrogen (secondary N) is 1. The Labute approximate surface area is 284 Å². The highest BCUT2D eigenvalue weighted by Crippen LogP contribution is 2.33. The molecule has 0 aliphatic heterocycles. The Hall–Kier alpha value is -3.28. The maximum Gasteiger partial charge on any atom is 0.416 e. The molecule has 3 aromatic rings. The van der Waals surface area contributed by atoms with E-state index in [0.29, 0.717) is 15.6 Å². The van der Waals surface area contributed by atoms with E-state index in [1.165, 1.54) is 11.0 Å². The van der Waals surface area contributed by atoms with Gasteiger partial charge in [-0.25, -0.2) is 8.42 Å². The maximum absolute atomic E-state index is 14.1. The molecule has 13 heteroatoms. The summed E-state index contributed by atoms with van der Waals surface area (Å²) in [5.41, 5.74) is 0.125. The van der Waals surface area contributed by atoms with Gasteiger partial charge in [0, 0.05) is 47.6 Å². The Morgan fingerprint density at radius 1 is 0.936 bits per heavy atom. The molecule has 0 radical (unpaired) electrons. The third-order valence-electron chi connectivity index (χ3n) is 8.23. The van der Waals surface area contributed by atoms with Gasteiger partial charge in [-0.05, 0) is 55.2 Å². The molecule has 1 atom stereocenters. The zero-order valence-electron chi connectivity index (χ0n) is 26.0. The Morgan fingerprint density at radius 3 is 2.19 bits per heavy atom. The minimum atomic E-state index is -4.67. The molecule has 0 bridgehead atoms. The molecule has 0 aromatic heterocycles. The van der Waals surface area contributed by atoms with Gasteiger partial charge in [-0.2, -0.15) is 13.2 Å². The van der Waals surface area contributed by atoms with Crippen molar-refractivity contribution in [1.29, 1.82) is 0 Å². The van der Waals surface area contributed by atoms with Crippen molar-refractivity contribution >= 4 is 50.7 Å². The topological polar surface area (TPSA) is 86.8 Å². The molecule has 3 aromatic carbocycles. The average molecular weight is 713 g/mol. The first kappa shape index (κ1) is 36.6. The molecule has 0 spiro atoms. The molecule has 2 amide bonds. The summed E-state index contributed by atoms with van der Waals surface area (Å²) >= 11 is 13.0. The quantitative estimate of drug-likeness (QED) is 0.197. The van der Waals surface area contributed by atoms with E-state index < -0.39 is 33.7 Å². The van der Waals surface area contributed by atoms with E-state index >= 15 is 0 Å². The molecular formula is C34H38Cl2F3N3O4S. The van der Waals surface area contributed by atoms with Crippen molar-refractivity contribution in [2.75, 3.05) is 17.1 Å².